The summed E-state index contributed by atoms with van der Waals surface area (Å²) in [6, 6.07) is 11.6. The smallest absolute Gasteiger partial charge is 0.338 e. The van der Waals surface area contributed by atoms with Gasteiger partial charge in [-0.05, 0) is 73.6 Å². The number of nitrogens with one attached hydrogen (secondary N) is 1. The fraction of sp³-hybridized carbons (Fsp3) is 0.385. The number of nitrogens with zero attached hydrogens (tertiary/aromatic N) is 1. The average molecular weight is 515 g/mol. The van der Waals surface area contributed by atoms with Crippen LogP contribution in [0.5, 0.6) is 0 Å². The Morgan fingerprint density at radius 3 is 2.26 bits per heavy atom. The standard InChI is InChI=1S/C26H24Cl2N2O5/c1-12-6-7-15(8-13(12)2)29-19(31)11-35-26(34)14-4-3-5-16(9-14)30-24(32)20-17-10-18(21(20)25(30)33)23(28)22(17)27/h3-9,17-18,20-23H,10-11H2,1-2H3,(H,29,31)/t17-,18-,20-,21-,22+,23+/m1/s1. The van der Waals surface area contributed by atoms with Crippen LogP contribution >= 0.6 is 23.2 Å². The van der Waals surface area contributed by atoms with Gasteiger partial charge in [0.1, 0.15) is 0 Å². The quantitative estimate of drug-likeness (QED) is 0.368. The van der Waals surface area contributed by atoms with E-state index in [2.05, 4.69) is 5.32 Å². The van der Waals surface area contributed by atoms with Crippen molar-refractivity contribution in [2.45, 2.75) is 31.0 Å². The van der Waals surface area contributed by atoms with E-state index in [1.807, 2.05) is 26.0 Å². The molecule has 0 aromatic heterocycles. The van der Waals surface area contributed by atoms with Gasteiger partial charge in [0, 0.05) is 5.69 Å². The molecule has 2 aliphatic carbocycles. The minimum absolute atomic E-state index is 0.125. The number of alkyl halides is 2. The largest absolute Gasteiger partial charge is 0.452 e. The molecule has 6 atom stereocenters. The SMILES string of the molecule is Cc1ccc(NC(=O)COC(=O)c2cccc(N3C(=O)[C@@H]4[C@H]5C[C@@H]([C@H](Cl)[C@H]5Cl)[C@H]4C3=O)c2)cc1C. The molecule has 5 rings (SSSR count). The first-order chi connectivity index (χ1) is 16.7. The summed E-state index contributed by atoms with van der Waals surface area (Å²) in [5.74, 6) is -3.02. The van der Waals surface area contributed by atoms with Gasteiger partial charge in [-0.3, -0.25) is 19.3 Å². The summed E-state index contributed by atoms with van der Waals surface area (Å²) in [6.45, 7) is 3.44. The van der Waals surface area contributed by atoms with E-state index in [0.29, 0.717) is 17.8 Å². The van der Waals surface area contributed by atoms with Gasteiger partial charge in [-0.25, -0.2) is 4.79 Å². The van der Waals surface area contributed by atoms with E-state index in [9.17, 15) is 19.2 Å². The highest BCUT2D eigenvalue weighted by Gasteiger charge is 2.66. The Kier molecular flexibility index (Phi) is 6.09. The van der Waals surface area contributed by atoms with E-state index in [1.54, 1.807) is 18.2 Å². The predicted octanol–water partition coefficient (Wildman–Crippen LogP) is 4.07. The Labute approximate surface area is 212 Å². The molecule has 2 aromatic rings. The van der Waals surface area contributed by atoms with Gasteiger partial charge in [-0.15, -0.1) is 23.2 Å². The second kappa shape index (κ2) is 8.95. The molecular weight excluding hydrogens is 491 g/mol. The third-order valence-electron chi connectivity index (χ3n) is 7.45. The maximum absolute atomic E-state index is 13.2. The summed E-state index contributed by atoms with van der Waals surface area (Å²) in [5, 5.41) is 2.02. The van der Waals surface area contributed by atoms with Crippen molar-refractivity contribution in [1.29, 1.82) is 0 Å². The number of esters is 1. The number of carbonyl (C=O) groups is 4. The van der Waals surface area contributed by atoms with Crippen LogP contribution in [0.2, 0.25) is 0 Å². The molecule has 2 bridgehead atoms. The lowest BCUT2D eigenvalue weighted by Gasteiger charge is -2.28. The van der Waals surface area contributed by atoms with Crippen LogP contribution in [0.1, 0.15) is 27.9 Å². The lowest BCUT2D eigenvalue weighted by Crippen LogP contribution is -2.37. The molecule has 0 spiro atoms. The van der Waals surface area contributed by atoms with E-state index in [0.717, 1.165) is 16.0 Å². The van der Waals surface area contributed by atoms with Gasteiger partial charge in [0.25, 0.3) is 5.91 Å². The molecule has 3 aliphatic rings. The number of hydrogen-bond acceptors (Lipinski definition) is 5. The third-order valence-corrected chi connectivity index (χ3v) is 8.77. The van der Waals surface area contributed by atoms with Gasteiger partial charge in [0.15, 0.2) is 6.61 Å². The lowest BCUT2D eigenvalue weighted by atomic mass is 9.80. The van der Waals surface area contributed by atoms with Crippen LogP contribution in [-0.2, 0) is 19.1 Å². The fourth-order valence-corrected chi connectivity index (χ4v) is 6.50. The highest BCUT2D eigenvalue weighted by atomic mass is 35.5. The molecule has 35 heavy (non-hydrogen) atoms. The molecule has 0 radical (unpaired) electrons. The molecule has 9 heteroatoms. The van der Waals surface area contributed by atoms with Crippen molar-refractivity contribution in [1.82, 2.24) is 0 Å². The average Bonchev–Trinajstić information content (AvgIpc) is 3.44. The minimum atomic E-state index is -0.733. The lowest BCUT2D eigenvalue weighted by molar-refractivity contribution is -0.123. The van der Waals surface area contributed by atoms with Gasteiger partial charge in [-0.1, -0.05) is 12.1 Å². The minimum Gasteiger partial charge on any atom is -0.452 e. The van der Waals surface area contributed by atoms with Gasteiger partial charge >= 0.3 is 5.97 Å². The van der Waals surface area contributed by atoms with Crippen LogP contribution in [0.4, 0.5) is 11.4 Å². The Bertz CT molecular complexity index is 1220. The molecular formula is C26H24Cl2N2O5. The third kappa shape index (κ3) is 4.00. The number of rotatable bonds is 5. The fourth-order valence-electron chi connectivity index (χ4n) is 5.61. The predicted molar refractivity (Wildman–Crippen MR) is 132 cm³/mol. The van der Waals surface area contributed by atoms with Crippen LogP contribution in [0, 0.1) is 37.5 Å². The highest BCUT2D eigenvalue weighted by molar-refractivity contribution is 6.32. The summed E-state index contributed by atoms with van der Waals surface area (Å²) in [4.78, 5) is 52.3. The first kappa shape index (κ1) is 23.8. The van der Waals surface area contributed by atoms with Crippen LogP contribution in [-0.4, -0.2) is 41.1 Å². The zero-order valence-electron chi connectivity index (χ0n) is 19.2. The zero-order chi connectivity index (χ0) is 25.0. The number of anilines is 2. The molecule has 1 heterocycles. The Balaban J connectivity index is 1.26. The van der Waals surface area contributed by atoms with Crippen molar-refractivity contribution in [3.63, 3.8) is 0 Å². The van der Waals surface area contributed by atoms with Gasteiger partial charge in [0.05, 0.1) is 33.8 Å². The van der Waals surface area contributed by atoms with E-state index in [1.165, 1.54) is 12.1 Å². The van der Waals surface area contributed by atoms with Crippen molar-refractivity contribution in [3.8, 4) is 0 Å². The van der Waals surface area contributed by atoms with Crippen LogP contribution in [0.15, 0.2) is 42.5 Å². The van der Waals surface area contributed by atoms with Crippen molar-refractivity contribution in [2.75, 3.05) is 16.8 Å². The van der Waals surface area contributed by atoms with E-state index < -0.39 is 30.3 Å². The Morgan fingerprint density at radius 1 is 0.971 bits per heavy atom. The molecule has 3 amide bonds. The number of aryl methyl sites for hydroxylation is 2. The second-order valence-corrected chi connectivity index (χ2v) is 10.5. The molecule has 1 N–H and O–H groups in total. The molecule has 0 unspecified atom stereocenters. The first-order valence-electron chi connectivity index (χ1n) is 11.5. The molecule has 2 aromatic carbocycles. The van der Waals surface area contributed by atoms with Gasteiger partial charge < -0.3 is 10.1 Å². The topological polar surface area (TPSA) is 92.8 Å². The molecule has 3 fully saturated rings. The summed E-state index contributed by atoms with van der Waals surface area (Å²) >= 11 is 12.8. The normalized spacial score (nSPS) is 28.9. The van der Waals surface area contributed by atoms with Gasteiger partial charge in [0.2, 0.25) is 11.8 Å². The zero-order valence-corrected chi connectivity index (χ0v) is 20.7. The number of imide groups is 1. The number of amides is 3. The van der Waals surface area contributed by atoms with Crippen LogP contribution < -0.4 is 10.2 Å². The number of carbonyl (C=O) groups excluding carboxylic acids is 4. The number of benzene rings is 2. The first-order valence-corrected chi connectivity index (χ1v) is 12.3. The number of ether oxygens (including phenoxy) is 1. The molecule has 182 valence electrons. The Hall–Kier alpha value is -2.90. The summed E-state index contributed by atoms with van der Waals surface area (Å²) < 4.78 is 5.16. The van der Waals surface area contributed by atoms with E-state index in [-0.39, 0.29) is 40.0 Å². The molecule has 2 saturated carbocycles. The molecule has 1 aliphatic heterocycles. The van der Waals surface area contributed by atoms with Crippen LogP contribution in [0.3, 0.4) is 0 Å². The molecule has 7 nitrogen and oxygen atoms in total. The monoisotopic (exact) mass is 514 g/mol. The van der Waals surface area contributed by atoms with Crippen LogP contribution in [0.25, 0.3) is 0 Å². The molecule has 1 saturated heterocycles. The van der Waals surface area contributed by atoms with E-state index in [4.69, 9.17) is 27.9 Å². The maximum atomic E-state index is 13.2. The van der Waals surface area contributed by atoms with E-state index >= 15 is 0 Å². The van der Waals surface area contributed by atoms with Crippen molar-refractivity contribution < 1.29 is 23.9 Å². The summed E-state index contributed by atoms with van der Waals surface area (Å²) in [5.41, 5.74) is 3.17. The number of fused-ring (bicyclic) bond motifs is 5. The summed E-state index contributed by atoms with van der Waals surface area (Å²) in [7, 11) is 0. The Morgan fingerprint density at radius 2 is 1.63 bits per heavy atom. The van der Waals surface area contributed by atoms with Gasteiger partial charge in [-0.2, -0.15) is 0 Å². The van der Waals surface area contributed by atoms with Crippen molar-refractivity contribution >= 4 is 58.3 Å². The highest BCUT2D eigenvalue weighted by Crippen LogP contribution is 2.59. The maximum Gasteiger partial charge on any atom is 0.338 e. The second-order valence-electron chi connectivity index (χ2n) is 9.49. The van der Waals surface area contributed by atoms with Crippen molar-refractivity contribution in [3.05, 3.63) is 59.2 Å². The summed E-state index contributed by atoms with van der Waals surface area (Å²) in [6.07, 6.45) is 0.680. The number of hydrogen-bond donors (Lipinski definition) is 1. The van der Waals surface area contributed by atoms with Crippen molar-refractivity contribution in [2.24, 2.45) is 23.7 Å². The number of halogens is 2.